The van der Waals surface area contributed by atoms with Crippen LogP contribution >= 0.6 is 0 Å². The molecule has 6 nitrogen and oxygen atoms in total. The molecule has 182 valence electrons. The fourth-order valence-corrected chi connectivity index (χ4v) is 3.33. The lowest BCUT2D eigenvalue weighted by atomic mass is 10.2. The SMILES string of the molecule is CCCCCCOc1ccc(/C=C/C(=O)Oc2ccc(C(=O)Nc3ccccc3)cc2)cc1OC. The molecule has 3 aromatic carbocycles. The first-order valence-electron chi connectivity index (χ1n) is 11.8. The van der Waals surface area contributed by atoms with Gasteiger partial charge in [-0.25, -0.2) is 4.79 Å². The highest BCUT2D eigenvalue weighted by molar-refractivity contribution is 6.04. The minimum atomic E-state index is -0.526. The van der Waals surface area contributed by atoms with Crippen molar-refractivity contribution < 1.29 is 23.8 Å². The maximum absolute atomic E-state index is 12.3. The molecule has 6 heteroatoms. The maximum Gasteiger partial charge on any atom is 0.336 e. The van der Waals surface area contributed by atoms with Crippen LogP contribution in [0.1, 0.15) is 48.5 Å². The molecule has 0 aliphatic rings. The van der Waals surface area contributed by atoms with Gasteiger partial charge in [0, 0.05) is 17.3 Å². The van der Waals surface area contributed by atoms with E-state index in [9.17, 15) is 9.59 Å². The van der Waals surface area contributed by atoms with Crippen molar-refractivity contribution in [3.05, 3.63) is 90.0 Å². The third-order valence-electron chi connectivity index (χ3n) is 5.22. The maximum atomic E-state index is 12.3. The van der Waals surface area contributed by atoms with Crippen molar-refractivity contribution in [2.75, 3.05) is 19.0 Å². The highest BCUT2D eigenvalue weighted by Gasteiger charge is 2.08. The molecule has 0 atom stereocenters. The molecule has 0 aliphatic heterocycles. The van der Waals surface area contributed by atoms with Crippen molar-refractivity contribution in [1.29, 1.82) is 0 Å². The monoisotopic (exact) mass is 473 g/mol. The second kappa shape index (κ2) is 13.6. The molecule has 0 saturated carbocycles. The van der Waals surface area contributed by atoms with Crippen LogP contribution in [0, 0.1) is 0 Å². The Balaban J connectivity index is 1.52. The highest BCUT2D eigenvalue weighted by atomic mass is 16.5. The van der Waals surface area contributed by atoms with Crippen molar-refractivity contribution in [3.8, 4) is 17.2 Å². The predicted molar refractivity (Wildman–Crippen MR) is 138 cm³/mol. The number of unbranched alkanes of at least 4 members (excludes halogenated alkanes) is 3. The van der Waals surface area contributed by atoms with Crippen LogP contribution in [0.2, 0.25) is 0 Å². The summed E-state index contributed by atoms with van der Waals surface area (Å²) in [6.07, 6.45) is 7.53. The van der Waals surface area contributed by atoms with Crippen LogP contribution < -0.4 is 19.5 Å². The summed E-state index contributed by atoms with van der Waals surface area (Å²) in [5.41, 5.74) is 1.95. The van der Waals surface area contributed by atoms with Gasteiger partial charge in [-0.3, -0.25) is 4.79 Å². The Morgan fingerprint density at radius 2 is 1.66 bits per heavy atom. The zero-order valence-corrected chi connectivity index (χ0v) is 20.2. The predicted octanol–water partition coefficient (Wildman–Crippen LogP) is 6.53. The van der Waals surface area contributed by atoms with E-state index in [4.69, 9.17) is 14.2 Å². The molecule has 0 saturated heterocycles. The van der Waals surface area contributed by atoms with Crippen LogP contribution in [0.5, 0.6) is 17.2 Å². The van der Waals surface area contributed by atoms with Crippen LogP contribution in [0.15, 0.2) is 78.9 Å². The molecular weight excluding hydrogens is 442 g/mol. The molecule has 35 heavy (non-hydrogen) atoms. The summed E-state index contributed by atoms with van der Waals surface area (Å²) in [4.78, 5) is 24.6. The fourth-order valence-electron chi connectivity index (χ4n) is 3.33. The van der Waals surface area contributed by atoms with Crippen molar-refractivity contribution >= 4 is 23.6 Å². The number of anilines is 1. The summed E-state index contributed by atoms with van der Waals surface area (Å²) in [7, 11) is 1.59. The number of esters is 1. The van der Waals surface area contributed by atoms with Gasteiger partial charge >= 0.3 is 5.97 Å². The Labute approximate surface area is 206 Å². The van der Waals surface area contributed by atoms with Crippen molar-refractivity contribution in [2.45, 2.75) is 32.6 Å². The van der Waals surface area contributed by atoms with Crippen LogP contribution in [-0.2, 0) is 4.79 Å². The number of carbonyl (C=O) groups is 2. The molecule has 0 fully saturated rings. The van der Waals surface area contributed by atoms with Gasteiger partial charge in [0.25, 0.3) is 5.91 Å². The van der Waals surface area contributed by atoms with Crippen molar-refractivity contribution in [1.82, 2.24) is 0 Å². The fraction of sp³-hybridized carbons (Fsp3) is 0.241. The number of hydrogen-bond acceptors (Lipinski definition) is 5. The molecule has 3 aromatic rings. The number of benzene rings is 3. The zero-order chi connectivity index (χ0) is 24.9. The Morgan fingerprint density at radius 3 is 2.37 bits per heavy atom. The minimum absolute atomic E-state index is 0.240. The number of amides is 1. The van der Waals surface area contributed by atoms with Gasteiger partial charge in [0.05, 0.1) is 13.7 Å². The molecule has 0 aromatic heterocycles. The van der Waals surface area contributed by atoms with Crippen LogP contribution in [0.3, 0.4) is 0 Å². The molecule has 0 radical (unpaired) electrons. The lowest BCUT2D eigenvalue weighted by molar-refractivity contribution is -0.128. The van der Waals surface area contributed by atoms with Gasteiger partial charge in [-0.15, -0.1) is 0 Å². The summed E-state index contributed by atoms with van der Waals surface area (Å²) < 4.78 is 16.6. The number of para-hydroxylation sites is 1. The van der Waals surface area contributed by atoms with E-state index in [1.807, 2.05) is 48.5 Å². The van der Waals surface area contributed by atoms with E-state index < -0.39 is 5.97 Å². The van der Waals surface area contributed by atoms with Gasteiger partial charge in [0.2, 0.25) is 0 Å². The third-order valence-corrected chi connectivity index (χ3v) is 5.22. The van der Waals surface area contributed by atoms with E-state index in [2.05, 4.69) is 12.2 Å². The van der Waals surface area contributed by atoms with Crippen LogP contribution in [0.4, 0.5) is 5.69 Å². The molecule has 0 unspecified atom stereocenters. The first kappa shape index (κ1) is 25.6. The standard InChI is InChI=1S/C29H31NO5/c1-3-4-5-9-20-34-26-18-12-22(21-27(26)33-2)13-19-28(31)35-25-16-14-23(15-17-25)29(32)30-24-10-7-6-8-11-24/h6-8,10-19,21H,3-5,9,20H2,1-2H3,(H,30,32)/b19-13+. The largest absolute Gasteiger partial charge is 0.493 e. The smallest absolute Gasteiger partial charge is 0.336 e. The number of carbonyl (C=O) groups excluding carboxylic acids is 2. The summed E-state index contributed by atoms with van der Waals surface area (Å²) in [5, 5.41) is 2.81. The Morgan fingerprint density at radius 1 is 0.886 bits per heavy atom. The zero-order valence-electron chi connectivity index (χ0n) is 20.2. The van der Waals surface area contributed by atoms with E-state index in [1.54, 1.807) is 37.5 Å². The van der Waals surface area contributed by atoms with Crippen LogP contribution in [-0.4, -0.2) is 25.6 Å². The van der Waals surface area contributed by atoms with Gasteiger partial charge in [-0.05, 0) is 66.6 Å². The lowest BCUT2D eigenvalue weighted by Crippen LogP contribution is -2.11. The van der Waals surface area contributed by atoms with Gasteiger partial charge in [-0.1, -0.05) is 50.5 Å². The number of ether oxygens (including phenoxy) is 3. The van der Waals surface area contributed by atoms with E-state index >= 15 is 0 Å². The highest BCUT2D eigenvalue weighted by Crippen LogP contribution is 2.29. The Hall–Kier alpha value is -4.06. The third kappa shape index (κ3) is 8.34. The van der Waals surface area contributed by atoms with E-state index in [-0.39, 0.29) is 5.91 Å². The van der Waals surface area contributed by atoms with Gasteiger partial charge in [-0.2, -0.15) is 0 Å². The number of rotatable bonds is 12. The summed E-state index contributed by atoms with van der Waals surface area (Å²) >= 11 is 0. The first-order chi connectivity index (χ1) is 17.1. The van der Waals surface area contributed by atoms with Crippen molar-refractivity contribution in [2.24, 2.45) is 0 Å². The summed E-state index contributed by atoms with van der Waals surface area (Å²) in [5.74, 6) is 0.874. The van der Waals surface area contributed by atoms with Gasteiger partial charge in [0.1, 0.15) is 5.75 Å². The van der Waals surface area contributed by atoms with Crippen LogP contribution in [0.25, 0.3) is 6.08 Å². The Kier molecular flexibility index (Phi) is 9.93. The number of methoxy groups -OCH3 is 1. The van der Waals surface area contributed by atoms with E-state index in [0.717, 1.165) is 18.4 Å². The average molecular weight is 474 g/mol. The first-order valence-corrected chi connectivity index (χ1v) is 11.8. The van der Waals surface area contributed by atoms with Crippen molar-refractivity contribution in [3.63, 3.8) is 0 Å². The average Bonchev–Trinajstić information content (AvgIpc) is 2.88. The summed E-state index contributed by atoms with van der Waals surface area (Å²) in [6, 6.07) is 21.1. The summed E-state index contributed by atoms with van der Waals surface area (Å²) in [6.45, 7) is 2.82. The topological polar surface area (TPSA) is 73.9 Å². The van der Waals surface area contributed by atoms with Gasteiger partial charge < -0.3 is 19.5 Å². The number of hydrogen-bond donors (Lipinski definition) is 1. The molecule has 0 heterocycles. The molecule has 0 spiro atoms. The second-order valence-corrected chi connectivity index (χ2v) is 7.92. The van der Waals surface area contributed by atoms with E-state index in [0.29, 0.717) is 35.1 Å². The van der Waals surface area contributed by atoms with E-state index in [1.165, 1.54) is 18.9 Å². The molecule has 1 N–H and O–H groups in total. The minimum Gasteiger partial charge on any atom is -0.493 e. The lowest BCUT2D eigenvalue weighted by Gasteiger charge is -2.11. The quantitative estimate of drug-likeness (QED) is 0.140. The molecule has 0 aliphatic carbocycles. The molecule has 3 rings (SSSR count). The molecular formula is C29H31NO5. The molecule has 0 bridgehead atoms. The second-order valence-electron chi connectivity index (χ2n) is 7.92. The van der Waals surface area contributed by atoms with Gasteiger partial charge in [0.15, 0.2) is 11.5 Å². The Bertz CT molecular complexity index is 1120. The number of nitrogens with one attached hydrogen (secondary N) is 1. The molecule has 1 amide bonds. The normalized spacial score (nSPS) is 10.7.